The lowest BCUT2D eigenvalue weighted by molar-refractivity contribution is 0.471. The molecule has 2 aromatic rings. The second kappa shape index (κ2) is 5.07. The molecule has 1 aromatic heterocycles. The van der Waals surface area contributed by atoms with Gasteiger partial charge in [0.1, 0.15) is 17.5 Å². The van der Waals surface area contributed by atoms with E-state index in [0.717, 1.165) is 22.4 Å². The summed E-state index contributed by atoms with van der Waals surface area (Å²) in [6, 6.07) is 7.70. The summed E-state index contributed by atoms with van der Waals surface area (Å²) in [5, 5.41) is 21.9. The highest BCUT2D eigenvalue weighted by Gasteiger charge is 2.05. The monoisotopic (exact) mass is 255 g/mol. The average molecular weight is 255 g/mol. The Morgan fingerprint density at radius 1 is 1.26 bits per heavy atom. The van der Waals surface area contributed by atoms with Crippen molar-refractivity contribution in [3.8, 4) is 11.8 Å². The Kier molecular flexibility index (Phi) is 3.48. The zero-order valence-electron chi connectivity index (χ0n) is 11.4. The molecule has 0 amide bonds. The molecule has 98 valence electrons. The fourth-order valence-corrected chi connectivity index (χ4v) is 2.03. The van der Waals surface area contributed by atoms with Gasteiger partial charge < -0.3 is 15.0 Å². The van der Waals surface area contributed by atoms with E-state index in [9.17, 15) is 5.11 Å². The Labute approximate surface area is 112 Å². The Hall–Kier alpha value is -2.41. The highest BCUT2D eigenvalue weighted by atomic mass is 16.3. The number of aromatic hydroxyl groups is 1. The van der Waals surface area contributed by atoms with Crippen molar-refractivity contribution in [3.05, 3.63) is 46.8 Å². The minimum Gasteiger partial charge on any atom is -0.508 e. The molecule has 2 N–H and O–H groups in total. The lowest BCUT2D eigenvalue weighted by Gasteiger charge is -2.11. The molecule has 1 aromatic carbocycles. The molecule has 0 fully saturated rings. The summed E-state index contributed by atoms with van der Waals surface area (Å²) in [5.41, 5.74) is 4.55. The van der Waals surface area contributed by atoms with Gasteiger partial charge in [0.25, 0.3) is 0 Å². The summed E-state index contributed by atoms with van der Waals surface area (Å²) in [7, 11) is 1.86. The number of aromatic nitrogens is 1. The Morgan fingerprint density at radius 2 is 2.00 bits per heavy atom. The number of benzene rings is 1. The van der Waals surface area contributed by atoms with Crippen molar-refractivity contribution < 1.29 is 5.11 Å². The van der Waals surface area contributed by atoms with Crippen molar-refractivity contribution >= 4 is 5.69 Å². The lowest BCUT2D eigenvalue weighted by atomic mass is 10.1. The highest BCUT2D eigenvalue weighted by Crippen LogP contribution is 2.25. The summed E-state index contributed by atoms with van der Waals surface area (Å²) in [6.45, 7) is 4.48. The molecular weight excluding hydrogens is 238 g/mol. The molecule has 0 saturated heterocycles. The summed E-state index contributed by atoms with van der Waals surface area (Å²) in [5.74, 6) is 0.314. The van der Waals surface area contributed by atoms with E-state index in [2.05, 4.69) is 11.4 Å². The van der Waals surface area contributed by atoms with Crippen LogP contribution in [0.15, 0.2) is 24.4 Å². The van der Waals surface area contributed by atoms with Gasteiger partial charge in [-0.2, -0.15) is 5.26 Å². The number of aryl methyl sites for hydroxylation is 3. The first-order chi connectivity index (χ1) is 9.01. The van der Waals surface area contributed by atoms with Crippen molar-refractivity contribution in [2.45, 2.75) is 20.4 Å². The maximum absolute atomic E-state index is 9.61. The van der Waals surface area contributed by atoms with E-state index in [0.29, 0.717) is 18.0 Å². The van der Waals surface area contributed by atoms with Gasteiger partial charge in [-0.3, -0.25) is 0 Å². The third-order valence-electron chi connectivity index (χ3n) is 3.20. The Bertz CT molecular complexity index is 650. The number of hydrogen-bond donors (Lipinski definition) is 2. The molecule has 19 heavy (non-hydrogen) atoms. The molecular formula is C15H17N3O. The van der Waals surface area contributed by atoms with Crippen molar-refractivity contribution in [2.75, 3.05) is 5.32 Å². The summed E-state index contributed by atoms with van der Waals surface area (Å²) in [4.78, 5) is 0. The quantitative estimate of drug-likeness (QED) is 0.829. The molecule has 0 aliphatic rings. The molecule has 2 rings (SSSR count). The van der Waals surface area contributed by atoms with Crippen LogP contribution in [0.5, 0.6) is 5.75 Å². The predicted molar refractivity (Wildman–Crippen MR) is 75.0 cm³/mol. The van der Waals surface area contributed by atoms with Gasteiger partial charge in [-0.25, -0.2) is 0 Å². The zero-order chi connectivity index (χ0) is 14.0. The largest absolute Gasteiger partial charge is 0.508 e. The van der Waals surface area contributed by atoms with Crippen LogP contribution in [0, 0.1) is 25.2 Å². The van der Waals surface area contributed by atoms with Crippen molar-refractivity contribution in [1.29, 1.82) is 5.26 Å². The van der Waals surface area contributed by atoms with E-state index in [1.807, 2.05) is 43.8 Å². The second-order valence-electron chi connectivity index (χ2n) is 4.76. The van der Waals surface area contributed by atoms with Crippen molar-refractivity contribution in [1.82, 2.24) is 4.57 Å². The molecule has 0 aliphatic carbocycles. The van der Waals surface area contributed by atoms with Crippen molar-refractivity contribution in [3.63, 3.8) is 0 Å². The van der Waals surface area contributed by atoms with Gasteiger partial charge in [0.2, 0.25) is 0 Å². The number of nitriles is 1. The summed E-state index contributed by atoms with van der Waals surface area (Å²) in [6.07, 6.45) is 1.94. The lowest BCUT2D eigenvalue weighted by Crippen LogP contribution is -2.00. The molecule has 4 nitrogen and oxygen atoms in total. The first kappa shape index (κ1) is 13.0. The van der Waals surface area contributed by atoms with Gasteiger partial charge in [0, 0.05) is 25.5 Å². The van der Waals surface area contributed by atoms with Gasteiger partial charge >= 0.3 is 0 Å². The van der Waals surface area contributed by atoms with E-state index in [1.165, 1.54) is 0 Å². The SMILES string of the molecule is Cc1cc(NCc2cc(C#N)n(C)c2)c(C)cc1O. The highest BCUT2D eigenvalue weighted by molar-refractivity contribution is 5.56. The van der Waals surface area contributed by atoms with Gasteiger partial charge in [-0.1, -0.05) is 0 Å². The standard InChI is InChI=1S/C15H17N3O/c1-10-5-15(19)11(2)4-14(10)17-8-12-6-13(7-16)18(3)9-12/h4-6,9,17,19H,8H2,1-3H3. The molecule has 0 aliphatic heterocycles. The number of anilines is 1. The fourth-order valence-electron chi connectivity index (χ4n) is 2.03. The number of nitrogens with zero attached hydrogens (tertiary/aromatic N) is 2. The molecule has 0 bridgehead atoms. The first-order valence-electron chi connectivity index (χ1n) is 6.10. The van der Waals surface area contributed by atoms with Crippen LogP contribution in [0.25, 0.3) is 0 Å². The van der Waals surface area contributed by atoms with Gasteiger partial charge in [-0.15, -0.1) is 0 Å². The summed E-state index contributed by atoms with van der Waals surface area (Å²) < 4.78 is 1.81. The maximum Gasteiger partial charge on any atom is 0.120 e. The number of hydrogen-bond acceptors (Lipinski definition) is 3. The van der Waals surface area contributed by atoms with Crippen LogP contribution in [-0.4, -0.2) is 9.67 Å². The molecule has 0 unspecified atom stereocenters. The molecule has 0 saturated carbocycles. The van der Waals surface area contributed by atoms with Crippen LogP contribution >= 0.6 is 0 Å². The third-order valence-corrected chi connectivity index (χ3v) is 3.20. The topological polar surface area (TPSA) is 61.0 Å². The maximum atomic E-state index is 9.61. The minimum atomic E-state index is 0.314. The van der Waals surface area contributed by atoms with E-state index in [1.54, 1.807) is 6.07 Å². The molecule has 1 heterocycles. The number of phenols is 1. The normalized spacial score (nSPS) is 10.2. The van der Waals surface area contributed by atoms with Crippen LogP contribution in [0.1, 0.15) is 22.4 Å². The Balaban J connectivity index is 2.14. The van der Waals surface area contributed by atoms with Gasteiger partial charge in [0.05, 0.1) is 0 Å². The van der Waals surface area contributed by atoms with Crippen LogP contribution < -0.4 is 5.32 Å². The molecule has 0 spiro atoms. The Morgan fingerprint density at radius 3 is 2.63 bits per heavy atom. The fraction of sp³-hybridized carbons (Fsp3) is 0.267. The van der Waals surface area contributed by atoms with Crippen molar-refractivity contribution in [2.24, 2.45) is 7.05 Å². The molecule has 0 radical (unpaired) electrons. The number of nitrogens with one attached hydrogen (secondary N) is 1. The summed E-state index contributed by atoms with van der Waals surface area (Å²) >= 11 is 0. The van der Waals surface area contributed by atoms with E-state index in [-0.39, 0.29) is 0 Å². The second-order valence-corrected chi connectivity index (χ2v) is 4.76. The predicted octanol–water partition coefficient (Wildman–Crippen LogP) is 2.83. The van der Waals surface area contributed by atoms with E-state index < -0.39 is 0 Å². The van der Waals surface area contributed by atoms with Crippen LogP contribution in [0.3, 0.4) is 0 Å². The molecule has 4 heteroatoms. The van der Waals surface area contributed by atoms with Crippen LogP contribution in [-0.2, 0) is 13.6 Å². The zero-order valence-corrected chi connectivity index (χ0v) is 11.4. The average Bonchev–Trinajstić information content (AvgIpc) is 2.73. The number of phenolic OH excluding ortho intramolecular Hbond substituents is 1. The minimum absolute atomic E-state index is 0.314. The molecule has 0 atom stereocenters. The van der Waals surface area contributed by atoms with Gasteiger partial charge in [0.15, 0.2) is 0 Å². The van der Waals surface area contributed by atoms with Gasteiger partial charge in [-0.05, 0) is 48.7 Å². The van der Waals surface area contributed by atoms with E-state index >= 15 is 0 Å². The van der Waals surface area contributed by atoms with Crippen LogP contribution in [0.2, 0.25) is 0 Å². The van der Waals surface area contributed by atoms with Crippen LogP contribution in [0.4, 0.5) is 5.69 Å². The number of rotatable bonds is 3. The van der Waals surface area contributed by atoms with E-state index in [4.69, 9.17) is 5.26 Å². The first-order valence-corrected chi connectivity index (χ1v) is 6.10. The third kappa shape index (κ3) is 2.71. The smallest absolute Gasteiger partial charge is 0.120 e.